The van der Waals surface area contributed by atoms with Crippen molar-refractivity contribution in [2.75, 3.05) is 0 Å². The molecule has 0 radical (unpaired) electrons. The number of hydrogen-bond donors (Lipinski definition) is 0. The normalized spacial score (nSPS) is 10.3. The van der Waals surface area contributed by atoms with Gasteiger partial charge in [0, 0.05) is 0 Å². The van der Waals surface area contributed by atoms with Gasteiger partial charge in [0.1, 0.15) is 0 Å². The molecule has 0 aromatic rings. The Bertz CT molecular complexity index is 160. The van der Waals surface area contributed by atoms with Gasteiger partial charge in [-0.25, -0.2) is 0 Å². The van der Waals surface area contributed by atoms with Crippen LogP contribution in [0.25, 0.3) is 0 Å². The van der Waals surface area contributed by atoms with Crippen LogP contribution in [0.3, 0.4) is 0 Å². The van der Waals surface area contributed by atoms with E-state index >= 15 is 0 Å². The van der Waals surface area contributed by atoms with E-state index in [4.69, 9.17) is 0 Å². The van der Waals surface area contributed by atoms with E-state index in [0.717, 1.165) is 0 Å². The molecule has 0 fully saturated rings. The molecule has 0 atom stereocenters. The zero-order valence-electron chi connectivity index (χ0n) is 6.46. The summed E-state index contributed by atoms with van der Waals surface area (Å²) in [6.45, 7) is 0. The van der Waals surface area contributed by atoms with Crippen molar-refractivity contribution in [1.82, 2.24) is 0 Å². The van der Waals surface area contributed by atoms with Gasteiger partial charge in [0.2, 0.25) is 0 Å². The minimum atomic E-state index is -5.68. The second-order valence-corrected chi connectivity index (χ2v) is 3.42. The summed E-state index contributed by atoms with van der Waals surface area (Å²) in [6.07, 6.45) is 0. The van der Waals surface area contributed by atoms with Crippen LogP contribution in [-0.4, -0.2) is 37.7 Å². The number of phosphoric acid groups is 2. The molecule has 0 saturated heterocycles. The molecule has 0 bridgehead atoms. The smallest absolute Gasteiger partial charge is 0.790 e. The zero-order chi connectivity index (χ0) is 7.71. The van der Waals surface area contributed by atoms with Crippen molar-refractivity contribution in [1.29, 1.82) is 0 Å². The molecule has 0 aromatic heterocycles. The van der Waals surface area contributed by atoms with E-state index in [2.05, 4.69) is 4.31 Å². The van der Waals surface area contributed by atoms with Crippen LogP contribution in [0.1, 0.15) is 0 Å². The molecule has 0 spiro atoms. The van der Waals surface area contributed by atoms with Crippen molar-refractivity contribution < 1.29 is 92.1 Å². The van der Waals surface area contributed by atoms with E-state index < -0.39 is 15.6 Å². The van der Waals surface area contributed by atoms with Crippen molar-refractivity contribution in [3.8, 4) is 0 Å². The molecule has 0 aliphatic heterocycles. The standard InChI is InChI=1S/Ca.2Na.H4O7P2/c;;;1-8(2,3)7-9(4,5)6/h;;;(H2,1,2,3)(H2,4,5,6)/q+2;2*+1;/p-4. The van der Waals surface area contributed by atoms with Gasteiger partial charge in [0.25, 0.3) is 0 Å². The van der Waals surface area contributed by atoms with Crippen molar-refractivity contribution in [2.45, 2.75) is 0 Å². The maximum atomic E-state index is 9.32. The van der Waals surface area contributed by atoms with Gasteiger partial charge >= 0.3 is 96.9 Å². The first kappa shape index (κ1) is 24.7. The van der Waals surface area contributed by atoms with Crippen LogP contribution < -0.4 is 78.7 Å². The third kappa shape index (κ3) is 23.4. The summed E-state index contributed by atoms with van der Waals surface area (Å²) in [6, 6.07) is 0. The third-order valence-electron chi connectivity index (χ3n) is 0.200. The summed E-state index contributed by atoms with van der Waals surface area (Å²) in [4.78, 5) is 37.3. The molecular weight excluding hydrogens is 260 g/mol. The van der Waals surface area contributed by atoms with Crippen LogP contribution in [0, 0.1) is 0 Å². The van der Waals surface area contributed by atoms with Crippen molar-refractivity contribution in [3.63, 3.8) is 0 Å². The van der Waals surface area contributed by atoms with E-state index in [9.17, 15) is 28.7 Å². The fourth-order valence-electron chi connectivity index (χ4n) is 0.122. The maximum Gasteiger partial charge on any atom is 2.00 e. The average molecular weight is 260 g/mol. The molecule has 0 rings (SSSR count). The van der Waals surface area contributed by atoms with Gasteiger partial charge in [0.05, 0.1) is 15.6 Å². The maximum absolute atomic E-state index is 9.32. The molecule has 0 amide bonds. The monoisotopic (exact) mass is 260 g/mol. The first-order valence-corrected chi connectivity index (χ1v) is 4.38. The van der Waals surface area contributed by atoms with Crippen LogP contribution in [0.5, 0.6) is 0 Å². The Morgan fingerprint density at radius 1 is 0.833 bits per heavy atom. The Morgan fingerprint density at radius 2 is 1.00 bits per heavy atom. The van der Waals surface area contributed by atoms with E-state index in [1.165, 1.54) is 0 Å². The van der Waals surface area contributed by atoms with Crippen LogP contribution in [-0.2, 0) is 13.4 Å². The molecular formula is CaNa2O7P2. The van der Waals surface area contributed by atoms with E-state index in [-0.39, 0.29) is 96.9 Å². The Hall–Kier alpha value is 3.52. The van der Waals surface area contributed by atoms with Crippen molar-refractivity contribution >= 4 is 53.4 Å². The van der Waals surface area contributed by atoms with Crippen molar-refractivity contribution in [2.24, 2.45) is 0 Å². The van der Waals surface area contributed by atoms with Crippen LogP contribution >= 0.6 is 15.6 Å². The van der Waals surface area contributed by atoms with Crippen molar-refractivity contribution in [3.05, 3.63) is 0 Å². The minimum Gasteiger partial charge on any atom is -0.790 e. The molecule has 0 heterocycles. The third-order valence-corrected chi connectivity index (χ3v) is 1.80. The number of rotatable bonds is 2. The van der Waals surface area contributed by atoms with Gasteiger partial charge in [0.15, 0.2) is 0 Å². The van der Waals surface area contributed by atoms with Crippen LogP contribution in [0.15, 0.2) is 0 Å². The molecule has 0 unspecified atom stereocenters. The van der Waals surface area contributed by atoms with Gasteiger partial charge in [-0.1, -0.05) is 0 Å². The van der Waals surface area contributed by atoms with E-state index in [0.29, 0.717) is 0 Å². The molecule has 0 saturated carbocycles. The van der Waals surface area contributed by atoms with Gasteiger partial charge in [-0.05, 0) is 0 Å². The summed E-state index contributed by atoms with van der Waals surface area (Å²) in [5.41, 5.74) is 0. The van der Waals surface area contributed by atoms with Gasteiger partial charge in [-0.15, -0.1) is 0 Å². The first-order valence-electron chi connectivity index (χ1n) is 1.46. The summed E-state index contributed by atoms with van der Waals surface area (Å²) in [5.74, 6) is 0. The Kier molecular flexibility index (Phi) is 20.0. The molecule has 0 aliphatic rings. The Balaban J connectivity index is -0.000000107. The Labute approximate surface area is 143 Å². The molecule has 0 aliphatic carbocycles. The summed E-state index contributed by atoms with van der Waals surface area (Å²) >= 11 is 0. The topological polar surface area (TPSA) is 136 Å². The van der Waals surface area contributed by atoms with Gasteiger partial charge < -0.3 is 33.0 Å². The van der Waals surface area contributed by atoms with Crippen LogP contribution in [0.2, 0.25) is 0 Å². The second kappa shape index (κ2) is 9.72. The zero-order valence-corrected chi connectivity index (χ0v) is 14.5. The van der Waals surface area contributed by atoms with Crippen LogP contribution in [0.4, 0.5) is 0 Å². The van der Waals surface area contributed by atoms with E-state index in [1.807, 2.05) is 0 Å². The summed E-state index contributed by atoms with van der Waals surface area (Å²) in [7, 11) is -11.4. The molecule has 7 nitrogen and oxygen atoms in total. The Morgan fingerprint density at radius 3 is 1.00 bits per heavy atom. The molecule has 0 aromatic carbocycles. The summed E-state index contributed by atoms with van der Waals surface area (Å²) in [5, 5.41) is 0. The van der Waals surface area contributed by atoms with E-state index in [1.54, 1.807) is 0 Å². The second-order valence-electron chi connectivity index (χ2n) is 0.976. The fourth-order valence-corrected chi connectivity index (χ4v) is 1.10. The molecule has 12 heavy (non-hydrogen) atoms. The minimum absolute atomic E-state index is 0. The number of hydrogen-bond acceptors (Lipinski definition) is 7. The fraction of sp³-hybridized carbons (Fsp3) is 0. The predicted molar refractivity (Wildman–Crippen MR) is 22.1 cm³/mol. The molecule has 12 heteroatoms. The molecule has 0 N–H and O–H groups in total. The average Bonchev–Trinajstić information content (AvgIpc) is 1.14. The van der Waals surface area contributed by atoms with Gasteiger partial charge in [-0.3, -0.25) is 0 Å². The van der Waals surface area contributed by atoms with Gasteiger partial charge in [-0.2, -0.15) is 0 Å². The first-order chi connectivity index (χ1) is 3.71. The summed E-state index contributed by atoms with van der Waals surface area (Å²) < 4.78 is 21.2. The molecule has 56 valence electrons. The quantitative estimate of drug-likeness (QED) is 0.355. The largest absolute Gasteiger partial charge is 2.00 e. The SMILES string of the molecule is O=P([O-])([O-])OP(=O)([O-])[O-].[Ca+2].[Na+].[Na+]. The predicted octanol–water partition coefficient (Wildman–Crippen LogP) is -9.71.